The van der Waals surface area contributed by atoms with Gasteiger partial charge in [-0.05, 0) is 24.8 Å². The Morgan fingerprint density at radius 2 is 2.32 bits per heavy atom. The van der Waals surface area contributed by atoms with Gasteiger partial charge in [-0.2, -0.15) is 0 Å². The lowest BCUT2D eigenvalue weighted by Crippen LogP contribution is -2.38. The molecule has 1 saturated heterocycles. The third kappa shape index (κ3) is 2.07. The summed E-state index contributed by atoms with van der Waals surface area (Å²) in [6.07, 6.45) is 3.00. The standard InChI is InChI=1S/C14H12ClN3O3S/c15-11-10-8-2-1-7(13(19)18-3-4-21-14(18)20)5-9(8)22-12(10)17-6-16-11/h6-7H,1-5H2. The van der Waals surface area contributed by atoms with Crippen molar-refractivity contribution in [2.45, 2.75) is 19.3 Å². The Bertz CT molecular complexity index is 791. The first-order valence-electron chi connectivity index (χ1n) is 7.04. The number of amides is 2. The highest BCUT2D eigenvalue weighted by Crippen LogP contribution is 2.40. The molecule has 2 aromatic rings. The predicted octanol–water partition coefficient (Wildman–Crippen LogP) is 2.43. The Balaban J connectivity index is 1.64. The van der Waals surface area contributed by atoms with E-state index in [0.717, 1.165) is 27.1 Å². The molecule has 0 N–H and O–H groups in total. The molecular formula is C14H12ClN3O3S. The van der Waals surface area contributed by atoms with E-state index >= 15 is 0 Å². The molecule has 4 rings (SSSR count). The molecule has 1 aliphatic carbocycles. The summed E-state index contributed by atoms with van der Waals surface area (Å²) in [6, 6.07) is 0. The lowest BCUT2D eigenvalue weighted by molar-refractivity contribution is -0.132. The number of fused-ring (bicyclic) bond motifs is 3. The van der Waals surface area contributed by atoms with Crippen LogP contribution in [0.25, 0.3) is 10.2 Å². The number of imide groups is 1. The van der Waals surface area contributed by atoms with Gasteiger partial charge in [-0.3, -0.25) is 4.79 Å². The minimum Gasteiger partial charge on any atom is -0.447 e. The van der Waals surface area contributed by atoms with Gasteiger partial charge in [0.15, 0.2) is 0 Å². The Hall–Kier alpha value is -1.73. The molecule has 2 amide bonds. The zero-order valence-corrected chi connectivity index (χ0v) is 13.1. The van der Waals surface area contributed by atoms with Gasteiger partial charge in [-0.15, -0.1) is 11.3 Å². The molecule has 0 radical (unpaired) electrons. The van der Waals surface area contributed by atoms with E-state index in [2.05, 4.69) is 9.97 Å². The number of aryl methyl sites for hydroxylation is 1. The Labute approximate surface area is 135 Å². The van der Waals surface area contributed by atoms with Gasteiger partial charge in [0.1, 0.15) is 22.9 Å². The predicted molar refractivity (Wildman–Crippen MR) is 81.0 cm³/mol. The Kier molecular flexibility index (Phi) is 3.27. The number of nitrogens with zero attached hydrogens (tertiary/aromatic N) is 3. The van der Waals surface area contributed by atoms with E-state index in [-0.39, 0.29) is 18.4 Å². The minimum atomic E-state index is -0.527. The highest BCUT2D eigenvalue weighted by molar-refractivity contribution is 7.19. The Morgan fingerprint density at radius 3 is 3.09 bits per heavy atom. The topological polar surface area (TPSA) is 72.4 Å². The van der Waals surface area contributed by atoms with E-state index in [1.54, 1.807) is 11.3 Å². The van der Waals surface area contributed by atoms with Crippen LogP contribution >= 0.6 is 22.9 Å². The van der Waals surface area contributed by atoms with Gasteiger partial charge < -0.3 is 4.74 Å². The van der Waals surface area contributed by atoms with Gasteiger partial charge in [0.25, 0.3) is 0 Å². The molecule has 0 spiro atoms. The van der Waals surface area contributed by atoms with Crippen LogP contribution in [0.3, 0.4) is 0 Å². The summed E-state index contributed by atoms with van der Waals surface area (Å²) in [5.74, 6) is -0.319. The van der Waals surface area contributed by atoms with Crippen molar-refractivity contribution in [1.29, 1.82) is 0 Å². The van der Waals surface area contributed by atoms with E-state index in [4.69, 9.17) is 16.3 Å². The van der Waals surface area contributed by atoms with Crippen molar-refractivity contribution in [2.75, 3.05) is 13.2 Å². The summed E-state index contributed by atoms with van der Waals surface area (Å²) in [6.45, 7) is 0.640. The quantitative estimate of drug-likeness (QED) is 0.747. The van der Waals surface area contributed by atoms with Gasteiger partial charge >= 0.3 is 6.09 Å². The van der Waals surface area contributed by atoms with Crippen molar-refractivity contribution in [3.05, 3.63) is 21.9 Å². The van der Waals surface area contributed by atoms with E-state index in [9.17, 15) is 9.59 Å². The summed E-state index contributed by atoms with van der Waals surface area (Å²) < 4.78 is 4.84. The summed E-state index contributed by atoms with van der Waals surface area (Å²) in [7, 11) is 0. The van der Waals surface area contributed by atoms with E-state index in [0.29, 0.717) is 24.5 Å². The van der Waals surface area contributed by atoms with Crippen LogP contribution in [0.15, 0.2) is 6.33 Å². The van der Waals surface area contributed by atoms with E-state index in [1.165, 1.54) is 11.2 Å². The average Bonchev–Trinajstić information content (AvgIpc) is 3.09. The monoisotopic (exact) mass is 337 g/mol. The molecule has 6 nitrogen and oxygen atoms in total. The number of hydrogen-bond donors (Lipinski definition) is 0. The number of carbonyl (C=O) groups is 2. The second-order valence-corrected chi connectivity index (χ2v) is 6.83. The number of ether oxygens (including phenoxy) is 1. The zero-order chi connectivity index (χ0) is 15.3. The maximum Gasteiger partial charge on any atom is 0.416 e. The first-order valence-corrected chi connectivity index (χ1v) is 8.23. The lowest BCUT2D eigenvalue weighted by Gasteiger charge is -2.24. The number of aromatic nitrogens is 2. The van der Waals surface area contributed by atoms with Crippen LogP contribution in [-0.4, -0.2) is 40.0 Å². The SMILES string of the molecule is O=C1OCCN1C(=O)C1CCc2c(sc3ncnc(Cl)c23)C1. The first-order chi connectivity index (χ1) is 10.6. The summed E-state index contributed by atoms with van der Waals surface area (Å²) in [5, 5.41) is 1.38. The molecule has 1 unspecified atom stereocenters. The zero-order valence-electron chi connectivity index (χ0n) is 11.5. The molecule has 0 aromatic carbocycles. The smallest absolute Gasteiger partial charge is 0.416 e. The number of carbonyl (C=O) groups excluding carboxylic acids is 2. The molecule has 2 aliphatic rings. The van der Waals surface area contributed by atoms with Gasteiger partial charge in [-0.25, -0.2) is 19.7 Å². The van der Waals surface area contributed by atoms with Crippen LogP contribution in [0.5, 0.6) is 0 Å². The number of hydrogen-bond acceptors (Lipinski definition) is 6. The molecule has 22 heavy (non-hydrogen) atoms. The molecule has 0 saturated carbocycles. The van der Waals surface area contributed by atoms with Crippen LogP contribution in [0.4, 0.5) is 4.79 Å². The molecule has 114 valence electrons. The van der Waals surface area contributed by atoms with Crippen molar-refractivity contribution < 1.29 is 14.3 Å². The molecule has 8 heteroatoms. The molecule has 2 aromatic heterocycles. The maximum atomic E-state index is 12.5. The second-order valence-electron chi connectivity index (χ2n) is 5.39. The largest absolute Gasteiger partial charge is 0.447 e. The highest BCUT2D eigenvalue weighted by atomic mass is 35.5. The Morgan fingerprint density at radius 1 is 1.45 bits per heavy atom. The highest BCUT2D eigenvalue weighted by Gasteiger charge is 2.36. The van der Waals surface area contributed by atoms with Gasteiger partial charge in [0.2, 0.25) is 5.91 Å². The average molecular weight is 338 g/mol. The molecule has 0 bridgehead atoms. The van der Waals surface area contributed by atoms with Gasteiger partial charge in [0, 0.05) is 10.8 Å². The fraction of sp³-hybridized carbons (Fsp3) is 0.429. The van der Waals surface area contributed by atoms with E-state index in [1.807, 2.05) is 0 Å². The van der Waals surface area contributed by atoms with Gasteiger partial charge in [0.05, 0.1) is 11.9 Å². The minimum absolute atomic E-state index is 0.136. The van der Waals surface area contributed by atoms with Crippen molar-refractivity contribution in [3.8, 4) is 0 Å². The third-order valence-corrected chi connectivity index (χ3v) is 5.62. The summed E-state index contributed by atoms with van der Waals surface area (Å²) in [5.41, 5.74) is 1.15. The van der Waals surface area contributed by atoms with Crippen LogP contribution in [0, 0.1) is 5.92 Å². The normalized spacial score (nSPS) is 21.0. The first kappa shape index (κ1) is 13.9. The molecule has 1 aliphatic heterocycles. The van der Waals surface area contributed by atoms with Crippen molar-refractivity contribution >= 4 is 45.2 Å². The van der Waals surface area contributed by atoms with Crippen molar-refractivity contribution in [1.82, 2.24) is 14.9 Å². The molecular weight excluding hydrogens is 326 g/mol. The van der Waals surface area contributed by atoms with Crippen molar-refractivity contribution in [3.63, 3.8) is 0 Å². The molecule has 1 fully saturated rings. The second kappa shape index (κ2) is 5.17. The van der Waals surface area contributed by atoms with E-state index < -0.39 is 6.09 Å². The fourth-order valence-corrected chi connectivity index (χ4v) is 4.67. The van der Waals surface area contributed by atoms with Crippen LogP contribution < -0.4 is 0 Å². The van der Waals surface area contributed by atoms with Crippen LogP contribution in [0.2, 0.25) is 5.15 Å². The number of rotatable bonds is 1. The van der Waals surface area contributed by atoms with Crippen molar-refractivity contribution in [2.24, 2.45) is 5.92 Å². The summed E-state index contributed by atoms with van der Waals surface area (Å²) in [4.78, 5) is 35.5. The van der Waals surface area contributed by atoms with Gasteiger partial charge in [-0.1, -0.05) is 11.6 Å². The third-order valence-electron chi connectivity index (χ3n) is 4.18. The molecule has 3 heterocycles. The van der Waals surface area contributed by atoms with Crippen LogP contribution in [0.1, 0.15) is 16.9 Å². The number of halogens is 1. The number of cyclic esters (lactones) is 1. The fourth-order valence-electron chi connectivity index (χ4n) is 3.10. The van der Waals surface area contributed by atoms with Crippen LogP contribution in [-0.2, 0) is 22.4 Å². The lowest BCUT2D eigenvalue weighted by atomic mass is 9.87. The maximum absolute atomic E-state index is 12.5. The molecule has 1 atom stereocenters. The summed E-state index contributed by atoms with van der Waals surface area (Å²) >= 11 is 7.73. The number of thiophene rings is 1.